The van der Waals surface area contributed by atoms with Crippen LogP contribution in [0.4, 0.5) is 0 Å². The molecule has 0 aliphatic rings. The van der Waals surface area contributed by atoms with Crippen LogP contribution in [0, 0.1) is 0 Å². The molecule has 1 amide bonds. The summed E-state index contributed by atoms with van der Waals surface area (Å²) in [6, 6.07) is 0. The molecular weight excluding hydrogens is 420 g/mol. The number of alkyl halides is 2. The number of nitrogens with one attached hydrogen (secondary N) is 1. The zero-order chi connectivity index (χ0) is 14.9. The lowest BCUT2D eigenvalue weighted by molar-refractivity contribution is -0.122. The van der Waals surface area contributed by atoms with Crippen molar-refractivity contribution in [3.8, 4) is 0 Å². The summed E-state index contributed by atoms with van der Waals surface area (Å²) in [6.07, 6.45) is 0. The number of amides is 1. The normalized spacial score (nSPS) is 10.2. The highest BCUT2D eigenvalue weighted by Crippen LogP contribution is 2.19. The predicted molar refractivity (Wildman–Crippen MR) is 84.1 cm³/mol. The monoisotopic (exact) mass is 438 g/mol. The summed E-state index contributed by atoms with van der Waals surface area (Å²) < 4.78 is -0.866. The molecule has 7 heteroatoms. The van der Waals surface area contributed by atoms with E-state index >= 15 is 0 Å². The van der Waals surface area contributed by atoms with Crippen LogP contribution in [0.1, 0.15) is 27.7 Å². The summed E-state index contributed by atoms with van der Waals surface area (Å²) in [5.74, 6) is -0.00231. The lowest BCUT2D eigenvalue weighted by Crippen LogP contribution is -2.34. The van der Waals surface area contributed by atoms with Crippen molar-refractivity contribution < 1.29 is 9.59 Å². The van der Waals surface area contributed by atoms with Gasteiger partial charge in [-0.05, 0) is 50.7 Å². The highest BCUT2D eigenvalue weighted by atomic mass is 79.9. The Morgan fingerprint density at radius 1 is 1.00 bits per heavy atom. The summed E-state index contributed by atoms with van der Waals surface area (Å²) in [5.41, 5.74) is 4.50. The minimum absolute atomic E-state index is 0.00231. The predicted octanol–water partition coefficient (Wildman–Crippen LogP) is 2.56. The summed E-state index contributed by atoms with van der Waals surface area (Å²) in [4.78, 5) is 21.0. The van der Waals surface area contributed by atoms with E-state index in [1.54, 1.807) is 34.7 Å². The Labute approximate surface area is 129 Å². The number of nitrogens with two attached hydrogens (primary N) is 1. The van der Waals surface area contributed by atoms with E-state index in [2.05, 4.69) is 58.8 Å². The smallest absolute Gasteiger partial charge is 0.236 e. The Morgan fingerprint density at radius 3 is 1.24 bits per heavy atom. The fourth-order valence-corrected chi connectivity index (χ4v) is 0.495. The van der Waals surface area contributed by atoms with Crippen molar-refractivity contribution in [2.24, 2.45) is 5.73 Å². The summed E-state index contributed by atoms with van der Waals surface area (Å²) >= 11 is 9.15. The first-order valence-corrected chi connectivity index (χ1v) is 7.18. The molecule has 0 atom stereocenters. The quantitative estimate of drug-likeness (QED) is 0.512. The number of hydrogen-bond donors (Lipinski definition) is 2. The van der Waals surface area contributed by atoms with Gasteiger partial charge in [0.1, 0.15) is 0 Å². The van der Waals surface area contributed by atoms with Crippen molar-refractivity contribution in [1.29, 1.82) is 0 Å². The van der Waals surface area contributed by atoms with Crippen LogP contribution in [0.3, 0.4) is 0 Å². The first kappa shape index (κ1) is 22.7. The molecule has 0 rings (SSSR count). The van der Waals surface area contributed by atoms with Crippen molar-refractivity contribution in [3.63, 3.8) is 0 Å². The van der Waals surface area contributed by atoms with E-state index in [1.165, 1.54) is 7.05 Å². The van der Waals surface area contributed by atoms with Crippen molar-refractivity contribution >= 4 is 58.4 Å². The first-order chi connectivity index (χ1) is 7.42. The van der Waals surface area contributed by atoms with Crippen LogP contribution >= 0.6 is 47.8 Å². The van der Waals surface area contributed by atoms with E-state index in [-0.39, 0.29) is 10.6 Å². The fourth-order valence-electron chi connectivity index (χ4n) is 0.297. The molecule has 0 spiro atoms. The maximum atomic E-state index is 10.7. The zero-order valence-electron chi connectivity index (χ0n) is 11.0. The highest BCUT2D eigenvalue weighted by molar-refractivity contribution is 9.20. The van der Waals surface area contributed by atoms with Crippen LogP contribution < -0.4 is 11.1 Å². The second-order valence-corrected chi connectivity index (χ2v) is 8.48. The van der Waals surface area contributed by atoms with Crippen LogP contribution in [0.25, 0.3) is 0 Å². The Balaban J connectivity index is -0.000000202. The molecule has 0 unspecified atom stereocenters. The summed E-state index contributed by atoms with van der Waals surface area (Å²) in [7, 11) is 3.12. The molecule has 0 heterocycles. The van der Waals surface area contributed by atoms with Gasteiger partial charge in [0.05, 0.1) is 8.65 Å². The molecule has 104 valence electrons. The van der Waals surface area contributed by atoms with Gasteiger partial charge in [0.15, 0.2) is 0 Å². The summed E-state index contributed by atoms with van der Waals surface area (Å²) in [6.45, 7) is 7.16. The van der Waals surface area contributed by atoms with Gasteiger partial charge in [0, 0.05) is 7.05 Å². The minimum Gasteiger partial charge on any atom is -0.358 e. The molecule has 0 radical (unpaired) electrons. The molecule has 0 saturated carbocycles. The van der Waals surface area contributed by atoms with Crippen LogP contribution in [0.2, 0.25) is 0 Å². The zero-order valence-corrected chi connectivity index (χ0v) is 15.8. The Kier molecular flexibility index (Phi) is 14.0. The van der Waals surface area contributed by atoms with Crippen LogP contribution in [-0.4, -0.2) is 33.3 Å². The standard InChI is InChI=1S/C5H10BrNO.C4H6Br2O.CH5N/c1-5(2,6)4(8)7-3;1-4(2,6)3(5)7;1-2/h1-3H3,(H,7,8);1-2H3;2H2,1H3. The molecule has 0 fully saturated rings. The number of rotatable bonds is 2. The maximum Gasteiger partial charge on any atom is 0.236 e. The van der Waals surface area contributed by atoms with Crippen molar-refractivity contribution in [1.82, 2.24) is 5.32 Å². The maximum absolute atomic E-state index is 10.7. The highest BCUT2D eigenvalue weighted by Gasteiger charge is 2.21. The minimum atomic E-state index is -0.429. The largest absolute Gasteiger partial charge is 0.358 e. The lowest BCUT2D eigenvalue weighted by atomic mass is 10.2. The van der Waals surface area contributed by atoms with Gasteiger partial charge in [-0.15, -0.1) is 0 Å². The van der Waals surface area contributed by atoms with Gasteiger partial charge < -0.3 is 11.1 Å². The molecule has 0 aromatic rings. The molecule has 0 saturated heterocycles. The third kappa shape index (κ3) is 16.5. The SMILES string of the molecule is CC(C)(Br)C(=O)Br.CN.CNC(=O)C(C)(C)Br. The average Bonchev–Trinajstić information content (AvgIpc) is 2.17. The lowest BCUT2D eigenvalue weighted by Gasteiger charge is -2.12. The van der Waals surface area contributed by atoms with Crippen LogP contribution in [0.5, 0.6) is 0 Å². The second-order valence-electron chi connectivity index (χ2n) is 3.80. The Bertz CT molecular complexity index is 233. The van der Waals surface area contributed by atoms with Crippen molar-refractivity contribution in [3.05, 3.63) is 0 Å². The molecule has 0 aliphatic heterocycles. The van der Waals surface area contributed by atoms with Gasteiger partial charge in [0.25, 0.3) is 0 Å². The number of carbonyl (C=O) groups excluding carboxylic acids is 2. The second kappa shape index (κ2) is 10.5. The molecular formula is C10H21Br3N2O2. The van der Waals surface area contributed by atoms with E-state index in [1.807, 2.05) is 0 Å². The van der Waals surface area contributed by atoms with E-state index in [9.17, 15) is 9.59 Å². The van der Waals surface area contributed by atoms with Crippen molar-refractivity contribution in [2.75, 3.05) is 14.1 Å². The first-order valence-electron chi connectivity index (χ1n) is 4.80. The Morgan fingerprint density at radius 2 is 1.24 bits per heavy atom. The number of halogens is 3. The molecule has 0 aromatic carbocycles. The average molecular weight is 441 g/mol. The summed E-state index contributed by atoms with van der Waals surface area (Å²) in [5, 5.41) is 2.52. The molecule has 17 heavy (non-hydrogen) atoms. The van der Waals surface area contributed by atoms with Crippen LogP contribution in [0.15, 0.2) is 0 Å². The third-order valence-corrected chi connectivity index (χ3v) is 3.48. The molecule has 4 nitrogen and oxygen atoms in total. The van der Waals surface area contributed by atoms with E-state index < -0.39 is 8.65 Å². The van der Waals surface area contributed by atoms with E-state index in [0.717, 1.165) is 0 Å². The molecule has 0 aliphatic carbocycles. The van der Waals surface area contributed by atoms with Crippen molar-refractivity contribution in [2.45, 2.75) is 36.3 Å². The van der Waals surface area contributed by atoms with E-state index in [4.69, 9.17) is 0 Å². The van der Waals surface area contributed by atoms with Gasteiger partial charge in [-0.25, -0.2) is 0 Å². The topological polar surface area (TPSA) is 72.2 Å². The fraction of sp³-hybridized carbons (Fsp3) is 0.800. The molecule has 3 N–H and O–H groups in total. The Hall–Kier alpha value is 0.540. The molecule has 0 aromatic heterocycles. The van der Waals surface area contributed by atoms with Gasteiger partial charge in [-0.2, -0.15) is 0 Å². The number of hydrogen-bond acceptors (Lipinski definition) is 3. The van der Waals surface area contributed by atoms with Gasteiger partial charge >= 0.3 is 0 Å². The van der Waals surface area contributed by atoms with Gasteiger partial charge in [0.2, 0.25) is 10.6 Å². The van der Waals surface area contributed by atoms with Gasteiger partial charge in [-0.3, -0.25) is 9.59 Å². The van der Waals surface area contributed by atoms with Crippen LogP contribution in [-0.2, 0) is 9.59 Å². The third-order valence-electron chi connectivity index (χ3n) is 1.23. The molecule has 0 bridgehead atoms. The van der Waals surface area contributed by atoms with E-state index in [0.29, 0.717) is 0 Å². The van der Waals surface area contributed by atoms with Gasteiger partial charge in [-0.1, -0.05) is 31.9 Å². The number of carbonyl (C=O) groups is 2.